The van der Waals surface area contributed by atoms with Crippen molar-refractivity contribution in [2.45, 2.75) is 57.5 Å². The molecule has 4 rings (SSSR count). The molecule has 0 bridgehead atoms. The second-order valence-corrected chi connectivity index (χ2v) is 8.92. The van der Waals surface area contributed by atoms with Crippen LogP contribution < -0.4 is 19.9 Å². The third kappa shape index (κ3) is 4.92. The first-order valence-electron chi connectivity index (χ1n) is 11.2. The van der Waals surface area contributed by atoms with Crippen molar-refractivity contribution in [2.24, 2.45) is 5.92 Å². The summed E-state index contributed by atoms with van der Waals surface area (Å²) in [6.07, 6.45) is 7.81. The highest BCUT2D eigenvalue weighted by atomic mass is 16.5. The standard InChI is InChI=1S/C24H33N5O2/c1-16-15-25-24(27-22(16)28(2)3)26-18-7-9-19(10-8-18)29(23(30)17-5-6-17)20-11-13-21(31-4)14-12-20/h11-15,17-19H,5-10H2,1-4H3,(H,25,26,27). The number of aryl methyl sites for hydroxylation is 1. The number of ether oxygens (including phenoxy) is 1. The zero-order chi connectivity index (χ0) is 22.0. The van der Waals surface area contributed by atoms with Crippen molar-refractivity contribution >= 4 is 23.4 Å². The molecule has 1 amide bonds. The van der Waals surface area contributed by atoms with Crippen molar-refractivity contribution in [2.75, 3.05) is 36.3 Å². The molecule has 2 aliphatic rings. The van der Waals surface area contributed by atoms with Gasteiger partial charge in [0.15, 0.2) is 0 Å². The second-order valence-electron chi connectivity index (χ2n) is 8.92. The Hall–Kier alpha value is -2.83. The summed E-state index contributed by atoms with van der Waals surface area (Å²) < 4.78 is 5.29. The summed E-state index contributed by atoms with van der Waals surface area (Å²) in [7, 11) is 5.65. The van der Waals surface area contributed by atoms with Crippen molar-refractivity contribution in [1.29, 1.82) is 0 Å². The maximum atomic E-state index is 13.1. The minimum Gasteiger partial charge on any atom is -0.497 e. The molecule has 0 aliphatic heterocycles. The highest BCUT2D eigenvalue weighted by Crippen LogP contribution is 2.37. The number of aromatic nitrogens is 2. The monoisotopic (exact) mass is 423 g/mol. The van der Waals surface area contributed by atoms with Crippen molar-refractivity contribution in [3.05, 3.63) is 36.0 Å². The number of hydrogen-bond donors (Lipinski definition) is 1. The van der Waals surface area contributed by atoms with Gasteiger partial charge < -0.3 is 19.9 Å². The fourth-order valence-corrected chi connectivity index (χ4v) is 4.40. The number of carbonyl (C=O) groups excluding carboxylic acids is 1. The molecule has 1 heterocycles. The van der Waals surface area contributed by atoms with E-state index < -0.39 is 0 Å². The molecular weight excluding hydrogens is 390 g/mol. The van der Waals surface area contributed by atoms with Gasteiger partial charge in [-0.1, -0.05) is 0 Å². The van der Waals surface area contributed by atoms with Gasteiger partial charge in [0.1, 0.15) is 11.6 Å². The fraction of sp³-hybridized carbons (Fsp3) is 0.542. The van der Waals surface area contributed by atoms with Crippen LogP contribution in [-0.2, 0) is 4.79 Å². The lowest BCUT2D eigenvalue weighted by Gasteiger charge is -2.37. The molecule has 1 N–H and O–H groups in total. The first-order chi connectivity index (χ1) is 15.0. The summed E-state index contributed by atoms with van der Waals surface area (Å²) >= 11 is 0. The molecule has 166 valence electrons. The summed E-state index contributed by atoms with van der Waals surface area (Å²) in [5.41, 5.74) is 2.04. The third-order valence-electron chi connectivity index (χ3n) is 6.28. The van der Waals surface area contributed by atoms with Gasteiger partial charge in [0.2, 0.25) is 11.9 Å². The predicted octanol–water partition coefficient (Wildman–Crippen LogP) is 4.03. The van der Waals surface area contributed by atoms with E-state index in [2.05, 4.69) is 20.2 Å². The molecule has 7 nitrogen and oxygen atoms in total. The molecule has 2 aromatic rings. The lowest BCUT2D eigenvalue weighted by atomic mass is 9.89. The average Bonchev–Trinajstić information content (AvgIpc) is 3.62. The molecule has 31 heavy (non-hydrogen) atoms. The Kier molecular flexibility index (Phi) is 6.30. The maximum absolute atomic E-state index is 13.1. The van der Waals surface area contributed by atoms with E-state index in [0.717, 1.165) is 61.3 Å². The van der Waals surface area contributed by atoms with Crippen LogP contribution in [0.15, 0.2) is 30.5 Å². The zero-order valence-electron chi connectivity index (χ0n) is 19.0. The summed E-state index contributed by atoms with van der Waals surface area (Å²) in [4.78, 5) is 26.3. The Morgan fingerprint density at radius 1 is 1.06 bits per heavy atom. The van der Waals surface area contributed by atoms with Gasteiger partial charge in [-0.2, -0.15) is 4.98 Å². The van der Waals surface area contributed by atoms with E-state index >= 15 is 0 Å². The minimum atomic E-state index is 0.198. The number of nitrogens with zero attached hydrogens (tertiary/aromatic N) is 4. The van der Waals surface area contributed by atoms with Gasteiger partial charge in [-0.3, -0.25) is 4.79 Å². The number of nitrogens with one attached hydrogen (secondary N) is 1. The summed E-state index contributed by atoms with van der Waals surface area (Å²) in [6.45, 7) is 2.02. The number of benzene rings is 1. The van der Waals surface area contributed by atoms with Crippen LogP contribution in [0.2, 0.25) is 0 Å². The summed E-state index contributed by atoms with van der Waals surface area (Å²) in [5, 5.41) is 3.51. The van der Waals surface area contributed by atoms with Gasteiger partial charge in [-0.05, 0) is 69.7 Å². The summed E-state index contributed by atoms with van der Waals surface area (Å²) in [6, 6.07) is 8.44. The number of carbonyl (C=O) groups is 1. The number of methoxy groups -OCH3 is 1. The fourth-order valence-electron chi connectivity index (χ4n) is 4.40. The molecule has 0 saturated heterocycles. The van der Waals surface area contributed by atoms with Gasteiger partial charge in [-0.25, -0.2) is 4.98 Å². The van der Waals surface area contributed by atoms with Crippen LogP contribution in [-0.4, -0.2) is 49.2 Å². The Morgan fingerprint density at radius 3 is 2.32 bits per heavy atom. The van der Waals surface area contributed by atoms with Gasteiger partial charge in [0.25, 0.3) is 0 Å². The molecule has 2 saturated carbocycles. The van der Waals surface area contributed by atoms with E-state index in [1.54, 1.807) is 7.11 Å². The van der Waals surface area contributed by atoms with Crippen LogP contribution in [0.3, 0.4) is 0 Å². The molecular formula is C24H33N5O2. The number of anilines is 3. The lowest BCUT2D eigenvalue weighted by molar-refractivity contribution is -0.120. The van der Waals surface area contributed by atoms with E-state index in [1.807, 2.05) is 56.4 Å². The molecule has 7 heteroatoms. The van der Waals surface area contributed by atoms with Crippen LogP contribution in [0.5, 0.6) is 5.75 Å². The highest BCUT2D eigenvalue weighted by Gasteiger charge is 2.38. The average molecular weight is 424 g/mol. The Labute approximate surface area is 184 Å². The topological polar surface area (TPSA) is 70.6 Å². The predicted molar refractivity (Wildman–Crippen MR) is 124 cm³/mol. The normalized spacial score (nSPS) is 20.8. The third-order valence-corrected chi connectivity index (χ3v) is 6.28. The smallest absolute Gasteiger partial charge is 0.230 e. The van der Waals surface area contributed by atoms with Crippen molar-refractivity contribution in [1.82, 2.24) is 9.97 Å². The Bertz CT molecular complexity index is 903. The number of hydrogen-bond acceptors (Lipinski definition) is 6. The SMILES string of the molecule is COc1ccc(N(C(=O)C2CC2)C2CCC(Nc3ncc(C)c(N(C)C)n3)CC2)cc1. The van der Waals surface area contributed by atoms with Crippen LogP contribution in [0.1, 0.15) is 44.1 Å². The maximum Gasteiger partial charge on any atom is 0.230 e. The first-order valence-corrected chi connectivity index (χ1v) is 11.2. The Balaban J connectivity index is 1.43. The molecule has 0 unspecified atom stereocenters. The highest BCUT2D eigenvalue weighted by molar-refractivity contribution is 5.97. The number of amides is 1. The molecule has 1 aromatic heterocycles. The van der Waals surface area contributed by atoms with Crippen molar-refractivity contribution in [3.8, 4) is 5.75 Å². The molecule has 2 aliphatic carbocycles. The van der Waals surface area contributed by atoms with Gasteiger partial charge in [0, 0.05) is 49.5 Å². The van der Waals surface area contributed by atoms with E-state index in [0.29, 0.717) is 12.0 Å². The van der Waals surface area contributed by atoms with Crippen molar-refractivity contribution in [3.63, 3.8) is 0 Å². The quantitative estimate of drug-likeness (QED) is 0.725. The Morgan fingerprint density at radius 2 is 1.74 bits per heavy atom. The lowest BCUT2D eigenvalue weighted by Crippen LogP contribution is -2.45. The number of rotatable bonds is 7. The minimum absolute atomic E-state index is 0.198. The van der Waals surface area contributed by atoms with Crippen molar-refractivity contribution < 1.29 is 9.53 Å². The van der Waals surface area contributed by atoms with Gasteiger partial charge in [-0.15, -0.1) is 0 Å². The zero-order valence-corrected chi connectivity index (χ0v) is 19.0. The van der Waals surface area contributed by atoms with Gasteiger partial charge in [0.05, 0.1) is 7.11 Å². The molecule has 2 fully saturated rings. The van der Waals surface area contributed by atoms with Crippen LogP contribution in [0.4, 0.5) is 17.5 Å². The summed E-state index contributed by atoms with van der Waals surface area (Å²) in [5.74, 6) is 2.90. The molecule has 0 atom stereocenters. The second kappa shape index (κ2) is 9.12. The molecule has 1 aromatic carbocycles. The van der Waals surface area contributed by atoms with Crippen LogP contribution >= 0.6 is 0 Å². The van der Waals surface area contributed by atoms with Crippen LogP contribution in [0.25, 0.3) is 0 Å². The first kappa shape index (κ1) is 21.4. The van der Waals surface area contributed by atoms with Gasteiger partial charge >= 0.3 is 0 Å². The van der Waals surface area contributed by atoms with E-state index in [-0.39, 0.29) is 17.9 Å². The molecule has 0 radical (unpaired) electrons. The molecule has 0 spiro atoms. The largest absolute Gasteiger partial charge is 0.497 e. The van der Waals surface area contributed by atoms with Crippen LogP contribution in [0, 0.1) is 12.8 Å². The van der Waals surface area contributed by atoms with E-state index in [1.165, 1.54) is 0 Å². The van der Waals surface area contributed by atoms with E-state index in [4.69, 9.17) is 4.74 Å². The van der Waals surface area contributed by atoms with E-state index in [9.17, 15) is 4.79 Å².